The molecule has 5 nitrogen and oxygen atoms in total. The summed E-state index contributed by atoms with van der Waals surface area (Å²) < 4.78 is 6.40. The number of amides is 1. The molecule has 0 aliphatic heterocycles. The maximum absolute atomic E-state index is 12.1. The fraction of sp³-hybridized carbons (Fsp3) is 0.0625. The first-order valence-corrected chi connectivity index (χ1v) is 7.39. The predicted octanol–water partition coefficient (Wildman–Crippen LogP) is 4.06. The van der Waals surface area contributed by atoms with Crippen molar-refractivity contribution in [2.24, 2.45) is 0 Å². The van der Waals surface area contributed by atoms with Gasteiger partial charge in [0.25, 0.3) is 0 Å². The van der Waals surface area contributed by atoms with Gasteiger partial charge >= 0.3 is 11.8 Å². The number of nitrogens with one attached hydrogen (secondary N) is 1. The van der Waals surface area contributed by atoms with Crippen LogP contribution in [0.3, 0.4) is 0 Å². The van der Waals surface area contributed by atoms with Crippen molar-refractivity contribution in [1.29, 1.82) is 0 Å². The minimum Gasteiger partial charge on any atom is -0.412 e. The topological polar surface area (TPSA) is 68.0 Å². The lowest BCUT2D eigenvalue weighted by Gasteiger charge is -2.04. The number of hydrogen-bond donors (Lipinski definition) is 1. The number of rotatable bonds is 3. The third-order valence-corrected chi connectivity index (χ3v) is 3.95. The highest BCUT2D eigenvalue weighted by molar-refractivity contribution is 9.10. The van der Waals surface area contributed by atoms with Crippen LogP contribution >= 0.6 is 15.9 Å². The average Bonchev–Trinajstić information content (AvgIpc) is 3.02. The Labute approximate surface area is 135 Å². The molecule has 0 saturated heterocycles. The molecule has 1 aromatic heterocycles. The molecule has 0 bridgehead atoms. The summed E-state index contributed by atoms with van der Waals surface area (Å²) in [6.07, 6.45) is 0. The maximum atomic E-state index is 12.1. The Morgan fingerprint density at radius 2 is 1.91 bits per heavy atom. The summed E-state index contributed by atoms with van der Waals surface area (Å²) in [4.78, 5) is 12.1. The number of aromatic nitrogens is 2. The van der Waals surface area contributed by atoms with Crippen LogP contribution in [0, 0.1) is 6.92 Å². The molecular formula is C16H12BrN3O2. The van der Waals surface area contributed by atoms with Gasteiger partial charge in [-0.3, -0.25) is 4.79 Å². The Kier molecular flexibility index (Phi) is 4.02. The van der Waals surface area contributed by atoms with Gasteiger partial charge in [-0.25, -0.2) is 0 Å². The standard InChI is InChI=1S/C16H12BrN3O2/c1-10-9-12(7-8-13(10)17)18-14(21)16-20-19-15(22-16)11-5-3-2-4-6-11/h2-9H,1H3,(H,18,21). The van der Waals surface area contributed by atoms with Crippen molar-refractivity contribution in [2.75, 3.05) is 5.32 Å². The van der Waals surface area contributed by atoms with Crippen molar-refractivity contribution in [1.82, 2.24) is 10.2 Å². The molecule has 6 heteroatoms. The van der Waals surface area contributed by atoms with Crippen molar-refractivity contribution in [3.8, 4) is 11.5 Å². The van der Waals surface area contributed by atoms with Gasteiger partial charge in [0.1, 0.15) is 0 Å². The number of anilines is 1. The molecular weight excluding hydrogens is 346 g/mol. The summed E-state index contributed by atoms with van der Waals surface area (Å²) in [5.41, 5.74) is 2.46. The largest absolute Gasteiger partial charge is 0.412 e. The van der Waals surface area contributed by atoms with Crippen LogP contribution in [0.5, 0.6) is 0 Å². The van der Waals surface area contributed by atoms with Gasteiger partial charge < -0.3 is 9.73 Å². The van der Waals surface area contributed by atoms with Gasteiger partial charge in [0.15, 0.2) is 0 Å². The van der Waals surface area contributed by atoms with Gasteiger partial charge in [-0.05, 0) is 42.8 Å². The molecule has 3 rings (SSSR count). The van der Waals surface area contributed by atoms with Gasteiger partial charge in [0.05, 0.1) is 0 Å². The zero-order valence-corrected chi connectivity index (χ0v) is 13.3. The minimum absolute atomic E-state index is 0.0700. The van der Waals surface area contributed by atoms with E-state index in [2.05, 4.69) is 31.4 Å². The van der Waals surface area contributed by atoms with Gasteiger partial charge in [0.2, 0.25) is 5.89 Å². The van der Waals surface area contributed by atoms with E-state index in [0.717, 1.165) is 15.6 Å². The van der Waals surface area contributed by atoms with Crippen LogP contribution in [-0.2, 0) is 0 Å². The molecule has 3 aromatic rings. The van der Waals surface area contributed by atoms with E-state index in [1.165, 1.54) is 0 Å². The molecule has 1 N–H and O–H groups in total. The lowest BCUT2D eigenvalue weighted by atomic mass is 10.2. The normalized spacial score (nSPS) is 10.5. The first-order chi connectivity index (χ1) is 10.6. The molecule has 22 heavy (non-hydrogen) atoms. The van der Waals surface area contributed by atoms with E-state index in [-0.39, 0.29) is 5.89 Å². The monoisotopic (exact) mass is 357 g/mol. The highest BCUT2D eigenvalue weighted by atomic mass is 79.9. The van der Waals surface area contributed by atoms with Crippen molar-refractivity contribution in [3.63, 3.8) is 0 Å². The van der Waals surface area contributed by atoms with Gasteiger partial charge in [-0.1, -0.05) is 34.1 Å². The fourth-order valence-corrected chi connectivity index (χ4v) is 2.17. The second-order valence-corrected chi connectivity index (χ2v) is 5.55. The summed E-state index contributed by atoms with van der Waals surface area (Å²) in [7, 11) is 0. The number of benzene rings is 2. The van der Waals surface area contributed by atoms with E-state index in [4.69, 9.17) is 4.42 Å². The molecule has 0 spiro atoms. The number of carbonyl (C=O) groups is 1. The van der Waals surface area contributed by atoms with Crippen LogP contribution in [0.15, 0.2) is 57.4 Å². The third kappa shape index (κ3) is 3.07. The molecule has 1 heterocycles. The Bertz CT molecular complexity index is 815. The molecule has 0 aliphatic carbocycles. The highest BCUT2D eigenvalue weighted by Crippen LogP contribution is 2.21. The Hall–Kier alpha value is -2.47. The summed E-state index contributed by atoms with van der Waals surface area (Å²) >= 11 is 3.42. The predicted molar refractivity (Wildman–Crippen MR) is 86.6 cm³/mol. The second-order valence-electron chi connectivity index (χ2n) is 4.70. The van der Waals surface area contributed by atoms with E-state index in [1.54, 1.807) is 6.07 Å². The van der Waals surface area contributed by atoms with Gasteiger partial charge in [0, 0.05) is 15.7 Å². The SMILES string of the molecule is Cc1cc(NC(=O)c2nnc(-c3ccccc3)o2)ccc1Br. The molecule has 0 saturated carbocycles. The second kappa shape index (κ2) is 6.11. The average molecular weight is 358 g/mol. The number of carbonyl (C=O) groups excluding carboxylic acids is 1. The van der Waals surface area contributed by atoms with Crippen LogP contribution in [0.4, 0.5) is 5.69 Å². The zero-order chi connectivity index (χ0) is 15.5. The molecule has 1 amide bonds. The zero-order valence-electron chi connectivity index (χ0n) is 11.7. The quantitative estimate of drug-likeness (QED) is 0.767. The number of nitrogens with zero attached hydrogens (tertiary/aromatic N) is 2. The number of halogens is 1. The summed E-state index contributed by atoms with van der Waals surface area (Å²) in [6.45, 7) is 1.94. The molecule has 0 atom stereocenters. The first-order valence-electron chi connectivity index (χ1n) is 6.60. The third-order valence-electron chi connectivity index (χ3n) is 3.06. The number of hydrogen-bond acceptors (Lipinski definition) is 4. The van der Waals surface area contributed by atoms with Crippen molar-refractivity contribution < 1.29 is 9.21 Å². The van der Waals surface area contributed by atoms with Gasteiger partial charge in [-0.2, -0.15) is 0 Å². The van der Waals surface area contributed by atoms with E-state index in [1.807, 2.05) is 49.4 Å². The molecule has 110 valence electrons. The van der Waals surface area contributed by atoms with Crippen molar-refractivity contribution in [2.45, 2.75) is 6.92 Å². The van der Waals surface area contributed by atoms with E-state index in [9.17, 15) is 4.79 Å². The molecule has 2 aromatic carbocycles. The maximum Gasteiger partial charge on any atom is 0.313 e. The van der Waals surface area contributed by atoms with E-state index in [0.29, 0.717) is 11.6 Å². The molecule has 0 radical (unpaired) electrons. The van der Waals surface area contributed by atoms with Gasteiger partial charge in [-0.15, -0.1) is 10.2 Å². The highest BCUT2D eigenvalue weighted by Gasteiger charge is 2.16. The van der Waals surface area contributed by atoms with Crippen molar-refractivity contribution in [3.05, 3.63) is 64.5 Å². The van der Waals surface area contributed by atoms with Crippen LogP contribution in [0.2, 0.25) is 0 Å². The smallest absolute Gasteiger partial charge is 0.313 e. The van der Waals surface area contributed by atoms with Crippen molar-refractivity contribution >= 4 is 27.5 Å². The first kappa shape index (κ1) is 14.5. The lowest BCUT2D eigenvalue weighted by Crippen LogP contribution is -2.12. The summed E-state index contributed by atoms with van der Waals surface area (Å²) in [5.74, 6) is -0.187. The fourth-order valence-electron chi connectivity index (χ4n) is 1.92. The van der Waals surface area contributed by atoms with Crippen LogP contribution in [0.25, 0.3) is 11.5 Å². The Balaban J connectivity index is 1.78. The number of aryl methyl sites for hydroxylation is 1. The lowest BCUT2D eigenvalue weighted by molar-refractivity contribution is 0.0991. The molecule has 0 unspecified atom stereocenters. The van der Waals surface area contributed by atoms with Crippen LogP contribution in [-0.4, -0.2) is 16.1 Å². The summed E-state index contributed by atoms with van der Waals surface area (Å²) in [6, 6.07) is 14.8. The van der Waals surface area contributed by atoms with E-state index >= 15 is 0 Å². The molecule has 0 aliphatic rings. The van der Waals surface area contributed by atoms with Crippen LogP contribution < -0.4 is 5.32 Å². The van der Waals surface area contributed by atoms with E-state index < -0.39 is 5.91 Å². The minimum atomic E-state index is -0.434. The molecule has 0 fully saturated rings. The Morgan fingerprint density at radius 3 is 2.64 bits per heavy atom. The Morgan fingerprint density at radius 1 is 1.14 bits per heavy atom. The van der Waals surface area contributed by atoms with Crippen LogP contribution in [0.1, 0.15) is 16.2 Å². The summed E-state index contributed by atoms with van der Waals surface area (Å²) in [5, 5.41) is 10.4.